The van der Waals surface area contributed by atoms with Gasteiger partial charge in [0.25, 0.3) is 5.91 Å². The molecule has 0 unspecified atom stereocenters. The summed E-state index contributed by atoms with van der Waals surface area (Å²) in [5.74, 6) is 1.82. The molecule has 0 bridgehead atoms. The molecule has 2 aromatic heterocycles. The number of hydrogen-bond donors (Lipinski definition) is 0. The molecule has 3 aromatic rings. The van der Waals surface area contributed by atoms with E-state index in [0.29, 0.717) is 30.3 Å². The maximum atomic E-state index is 12.6. The van der Waals surface area contributed by atoms with Crippen LogP contribution in [0, 0.1) is 13.8 Å². The molecule has 0 N–H and O–H groups in total. The Morgan fingerprint density at radius 3 is 2.63 bits per heavy atom. The van der Waals surface area contributed by atoms with E-state index >= 15 is 0 Å². The fourth-order valence-corrected chi connectivity index (χ4v) is 3.09. The van der Waals surface area contributed by atoms with Crippen molar-refractivity contribution in [2.45, 2.75) is 39.0 Å². The summed E-state index contributed by atoms with van der Waals surface area (Å²) < 4.78 is 7.14. The first-order valence-corrected chi connectivity index (χ1v) is 9.23. The number of rotatable bonds is 6. The lowest BCUT2D eigenvalue weighted by Crippen LogP contribution is -2.29. The van der Waals surface area contributed by atoms with E-state index in [-0.39, 0.29) is 5.91 Å². The first-order valence-electron chi connectivity index (χ1n) is 9.23. The minimum absolute atomic E-state index is 0.0270. The Bertz CT molecular complexity index is 953. The molecule has 0 aliphatic heterocycles. The molecular weight excluding hydrogens is 342 g/mol. The number of aryl methyl sites for hydroxylation is 2. The smallest absolute Gasteiger partial charge is 0.253 e. The summed E-state index contributed by atoms with van der Waals surface area (Å²) in [4.78, 5) is 18.7. The van der Waals surface area contributed by atoms with Crippen LogP contribution in [0.5, 0.6) is 0 Å². The first-order chi connectivity index (χ1) is 13.0. The molecule has 140 valence electrons. The van der Waals surface area contributed by atoms with E-state index in [0.717, 1.165) is 35.8 Å². The second-order valence-electron chi connectivity index (χ2n) is 7.19. The maximum absolute atomic E-state index is 12.6. The summed E-state index contributed by atoms with van der Waals surface area (Å²) in [5.41, 5.74) is 3.63. The SMILES string of the molecule is Cc1cc(C)n(-c2ccc(C(=O)N(C)CCc3noc(C4CC4)n3)cc2)n1. The third-order valence-corrected chi connectivity index (χ3v) is 4.80. The van der Waals surface area contributed by atoms with Crippen LogP contribution >= 0.6 is 0 Å². The highest BCUT2D eigenvalue weighted by molar-refractivity contribution is 5.94. The van der Waals surface area contributed by atoms with Crippen molar-refractivity contribution in [2.24, 2.45) is 0 Å². The highest BCUT2D eigenvalue weighted by Gasteiger charge is 2.29. The maximum Gasteiger partial charge on any atom is 0.253 e. The zero-order valence-electron chi connectivity index (χ0n) is 15.8. The van der Waals surface area contributed by atoms with Gasteiger partial charge >= 0.3 is 0 Å². The molecule has 7 heteroatoms. The number of benzene rings is 1. The quantitative estimate of drug-likeness (QED) is 0.671. The van der Waals surface area contributed by atoms with Gasteiger partial charge in [-0.05, 0) is 57.0 Å². The topological polar surface area (TPSA) is 77.0 Å². The van der Waals surface area contributed by atoms with Crippen LogP contribution < -0.4 is 0 Å². The van der Waals surface area contributed by atoms with Gasteiger partial charge in [0.15, 0.2) is 5.82 Å². The van der Waals surface area contributed by atoms with Gasteiger partial charge in [0.2, 0.25) is 5.89 Å². The molecule has 4 rings (SSSR count). The van der Waals surface area contributed by atoms with E-state index in [4.69, 9.17) is 4.52 Å². The van der Waals surface area contributed by atoms with Crippen LogP contribution in [0.2, 0.25) is 0 Å². The van der Waals surface area contributed by atoms with E-state index in [1.54, 1.807) is 11.9 Å². The van der Waals surface area contributed by atoms with Crippen molar-refractivity contribution in [1.82, 2.24) is 24.8 Å². The van der Waals surface area contributed by atoms with Crippen molar-refractivity contribution in [3.05, 3.63) is 59.0 Å². The van der Waals surface area contributed by atoms with E-state index in [9.17, 15) is 4.79 Å². The van der Waals surface area contributed by atoms with E-state index in [1.165, 1.54) is 0 Å². The average Bonchev–Trinajstić information content (AvgIpc) is 3.31. The van der Waals surface area contributed by atoms with Gasteiger partial charge in [0.1, 0.15) is 0 Å². The highest BCUT2D eigenvalue weighted by atomic mass is 16.5. The lowest BCUT2D eigenvalue weighted by atomic mass is 10.1. The molecule has 1 saturated carbocycles. The fraction of sp³-hybridized carbons (Fsp3) is 0.400. The van der Waals surface area contributed by atoms with Crippen LogP contribution in [0.3, 0.4) is 0 Å². The standard InChI is InChI=1S/C20H23N5O2/c1-13-12-14(2)25(22-13)17-8-6-16(7-9-17)20(26)24(3)11-10-18-21-19(27-23-18)15-4-5-15/h6-9,12,15H,4-5,10-11H2,1-3H3. The van der Waals surface area contributed by atoms with Crippen LogP contribution in [0.15, 0.2) is 34.9 Å². The normalized spacial score (nSPS) is 13.7. The minimum atomic E-state index is -0.0270. The summed E-state index contributed by atoms with van der Waals surface area (Å²) in [6.45, 7) is 4.52. The van der Waals surface area contributed by atoms with Gasteiger partial charge in [0, 0.05) is 37.2 Å². The lowest BCUT2D eigenvalue weighted by molar-refractivity contribution is 0.0796. The van der Waals surface area contributed by atoms with Gasteiger partial charge < -0.3 is 9.42 Å². The molecule has 27 heavy (non-hydrogen) atoms. The van der Waals surface area contributed by atoms with Crippen molar-refractivity contribution in [3.63, 3.8) is 0 Å². The average molecular weight is 365 g/mol. The van der Waals surface area contributed by atoms with Crippen LogP contribution in [-0.2, 0) is 6.42 Å². The number of likely N-dealkylation sites (N-methyl/N-ethyl adjacent to an activating group) is 1. The molecular formula is C20H23N5O2. The molecule has 1 aliphatic rings. The Morgan fingerprint density at radius 2 is 2.00 bits per heavy atom. The molecule has 2 heterocycles. The largest absolute Gasteiger partial charge is 0.341 e. The van der Waals surface area contributed by atoms with Crippen LogP contribution in [-0.4, -0.2) is 44.3 Å². The summed E-state index contributed by atoms with van der Waals surface area (Å²) in [6, 6.07) is 9.54. The number of carbonyl (C=O) groups is 1. The third-order valence-electron chi connectivity index (χ3n) is 4.80. The second-order valence-corrected chi connectivity index (χ2v) is 7.19. The van der Waals surface area contributed by atoms with Gasteiger partial charge in [-0.25, -0.2) is 4.68 Å². The molecule has 1 amide bonds. The highest BCUT2D eigenvalue weighted by Crippen LogP contribution is 2.38. The molecule has 0 radical (unpaired) electrons. The van der Waals surface area contributed by atoms with E-state index in [1.807, 2.05) is 48.9 Å². The number of hydrogen-bond acceptors (Lipinski definition) is 5. The zero-order chi connectivity index (χ0) is 19.0. The predicted octanol–water partition coefficient (Wildman–Crippen LogP) is 3.06. The number of amides is 1. The molecule has 1 aromatic carbocycles. The lowest BCUT2D eigenvalue weighted by Gasteiger charge is -2.16. The van der Waals surface area contributed by atoms with Crippen LogP contribution in [0.1, 0.15) is 52.2 Å². The third kappa shape index (κ3) is 3.77. The van der Waals surface area contributed by atoms with Crippen molar-refractivity contribution in [1.29, 1.82) is 0 Å². The molecule has 1 fully saturated rings. The number of carbonyl (C=O) groups excluding carboxylic acids is 1. The van der Waals surface area contributed by atoms with Gasteiger partial charge in [-0.15, -0.1) is 0 Å². The van der Waals surface area contributed by atoms with Crippen molar-refractivity contribution in [3.8, 4) is 5.69 Å². The summed E-state index contributed by atoms with van der Waals surface area (Å²) in [7, 11) is 1.79. The Hall–Kier alpha value is -2.96. The summed E-state index contributed by atoms with van der Waals surface area (Å²) in [5, 5.41) is 8.47. The second kappa shape index (κ2) is 6.98. The Kier molecular flexibility index (Phi) is 4.51. The fourth-order valence-electron chi connectivity index (χ4n) is 3.09. The monoisotopic (exact) mass is 365 g/mol. The van der Waals surface area contributed by atoms with Crippen LogP contribution in [0.4, 0.5) is 0 Å². The molecule has 0 saturated heterocycles. The van der Waals surface area contributed by atoms with E-state index in [2.05, 4.69) is 15.2 Å². The van der Waals surface area contributed by atoms with Gasteiger partial charge in [-0.3, -0.25) is 4.79 Å². The van der Waals surface area contributed by atoms with Crippen molar-refractivity contribution >= 4 is 5.91 Å². The Labute approximate surface area is 158 Å². The van der Waals surface area contributed by atoms with Gasteiger partial charge in [-0.1, -0.05) is 5.16 Å². The molecule has 7 nitrogen and oxygen atoms in total. The predicted molar refractivity (Wildman–Crippen MR) is 100.0 cm³/mol. The summed E-state index contributed by atoms with van der Waals surface area (Å²) in [6.07, 6.45) is 2.85. The van der Waals surface area contributed by atoms with Gasteiger partial charge in [0.05, 0.1) is 11.4 Å². The Balaban J connectivity index is 1.38. The van der Waals surface area contributed by atoms with Crippen LogP contribution in [0.25, 0.3) is 5.69 Å². The zero-order valence-corrected chi connectivity index (χ0v) is 15.8. The first kappa shape index (κ1) is 17.5. The van der Waals surface area contributed by atoms with Crippen molar-refractivity contribution in [2.75, 3.05) is 13.6 Å². The van der Waals surface area contributed by atoms with E-state index < -0.39 is 0 Å². The molecule has 0 spiro atoms. The molecule has 0 atom stereocenters. The minimum Gasteiger partial charge on any atom is -0.341 e. The van der Waals surface area contributed by atoms with Crippen molar-refractivity contribution < 1.29 is 9.32 Å². The van der Waals surface area contributed by atoms with Gasteiger partial charge in [-0.2, -0.15) is 10.1 Å². The summed E-state index contributed by atoms with van der Waals surface area (Å²) >= 11 is 0. The molecule has 1 aliphatic carbocycles. The Morgan fingerprint density at radius 1 is 1.26 bits per heavy atom. The number of nitrogens with zero attached hydrogens (tertiary/aromatic N) is 5. The number of aromatic nitrogens is 4.